The zero-order chi connectivity index (χ0) is 26.5. The van der Waals surface area contributed by atoms with Gasteiger partial charge in [-0.1, -0.05) is 48.6 Å². The van der Waals surface area contributed by atoms with Crippen molar-refractivity contribution in [2.24, 2.45) is 0 Å². The van der Waals surface area contributed by atoms with Crippen LogP contribution < -0.4 is 5.32 Å². The summed E-state index contributed by atoms with van der Waals surface area (Å²) in [6.45, 7) is 1.23. The maximum Gasteiger partial charge on any atom is 0.327 e. The van der Waals surface area contributed by atoms with Crippen molar-refractivity contribution in [2.75, 3.05) is 5.75 Å². The van der Waals surface area contributed by atoms with E-state index < -0.39 is 41.2 Å². The van der Waals surface area contributed by atoms with Crippen molar-refractivity contribution < 1.29 is 39.6 Å². The van der Waals surface area contributed by atoms with E-state index in [1.165, 1.54) is 18.7 Å². The van der Waals surface area contributed by atoms with Gasteiger partial charge in [-0.25, -0.2) is 4.79 Å². The molecule has 0 aromatic rings. The molecule has 3 unspecified atom stereocenters. The molecule has 0 aliphatic rings. The lowest BCUT2D eigenvalue weighted by Gasteiger charge is -2.21. The van der Waals surface area contributed by atoms with Crippen molar-refractivity contribution >= 4 is 35.6 Å². The maximum atomic E-state index is 11.3. The summed E-state index contributed by atoms with van der Waals surface area (Å²) in [6, 6.07) is -1.09. The number of carboxylic acids is 3. The van der Waals surface area contributed by atoms with E-state index in [1.807, 2.05) is 30.4 Å². The fraction of sp³-hybridized carbons (Fsp3) is 0.520. The Morgan fingerprint density at radius 2 is 1.51 bits per heavy atom. The van der Waals surface area contributed by atoms with Gasteiger partial charge in [-0.05, 0) is 38.5 Å². The Morgan fingerprint density at radius 1 is 0.857 bits per heavy atom. The first-order valence-electron chi connectivity index (χ1n) is 11.5. The van der Waals surface area contributed by atoms with E-state index in [2.05, 4.69) is 5.32 Å². The summed E-state index contributed by atoms with van der Waals surface area (Å²) >= 11 is 1.18. The van der Waals surface area contributed by atoms with E-state index in [-0.39, 0.29) is 25.0 Å². The summed E-state index contributed by atoms with van der Waals surface area (Å²) in [6.07, 6.45) is 17.8. The standard InChI is InChI=1S/C25H37NO8S/c1-19(27)26-20(25(33)34)18-35-22(21(28)14-13-17-24(31)32)15-11-9-7-5-3-2-4-6-8-10-12-16-23(29)30/h3-7,9,11,15,20-22,28H,2,8,10,12-14,16-18H2,1H3,(H,26,27)(H,29,30)(H,31,32)(H,33,34). The number of carbonyl (C=O) groups excluding carboxylic acids is 1. The van der Waals surface area contributed by atoms with Crippen LogP contribution in [0.5, 0.6) is 0 Å². The van der Waals surface area contributed by atoms with Gasteiger partial charge in [0.1, 0.15) is 6.04 Å². The third kappa shape index (κ3) is 20.3. The molecule has 196 valence electrons. The number of hydrogen-bond acceptors (Lipinski definition) is 6. The molecule has 10 heteroatoms. The second-order valence-electron chi connectivity index (χ2n) is 7.79. The molecule has 0 saturated heterocycles. The van der Waals surface area contributed by atoms with Gasteiger partial charge >= 0.3 is 17.9 Å². The summed E-state index contributed by atoms with van der Waals surface area (Å²) in [4.78, 5) is 43.7. The summed E-state index contributed by atoms with van der Waals surface area (Å²) in [5, 5.41) is 39.0. The van der Waals surface area contributed by atoms with Crippen molar-refractivity contribution in [3.63, 3.8) is 0 Å². The number of carbonyl (C=O) groups is 4. The second-order valence-corrected chi connectivity index (χ2v) is 9.00. The highest BCUT2D eigenvalue weighted by molar-refractivity contribution is 8.00. The quantitative estimate of drug-likeness (QED) is 0.0935. The summed E-state index contributed by atoms with van der Waals surface area (Å²) in [5.74, 6) is -3.31. The number of amides is 1. The van der Waals surface area contributed by atoms with Crippen LogP contribution in [0.2, 0.25) is 0 Å². The van der Waals surface area contributed by atoms with Gasteiger partial charge in [-0.15, -0.1) is 11.8 Å². The highest BCUT2D eigenvalue weighted by Crippen LogP contribution is 2.21. The number of hydrogen-bond donors (Lipinski definition) is 5. The highest BCUT2D eigenvalue weighted by atomic mass is 32.2. The van der Waals surface area contributed by atoms with Crippen molar-refractivity contribution in [3.05, 3.63) is 48.6 Å². The number of aliphatic hydroxyl groups is 1. The van der Waals surface area contributed by atoms with Crippen LogP contribution in [-0.4, -0.2) is 67.4 Å². The molecule has 0 aliphatic carbocycles. The van der Waals surface area contributed by atoms with Gasteiger partial charge in [0.15, 0.2) is 0 Å². The van der Waals surface area contributed by atoms with Gasteiger partial charge in [0.25, 0.3) is 0 Å². The minimum Gasteiger partial charge on any atom is -0.481 e. The number of aliphatic hydroxyl groups excluding tert-OH is 1. The second kappa shape index (κ2) is 20.5. The van der Waals surface area contributed by atoms with Crippen molar-refractivity contribution in [1.29, 1.82) is 0 Å². The molecule has 1 amide bonds. The van der Waals surface area contributed by atoms with Crippen LogP contribution in [0, 0.1) is 0 Å². The average Bonchev–Trinajstić information content (AvgIpc) is 2.76. The molecule has 0 saturated carbocycles. The van der Waals surface area contributed by atoms with Crippen LogP contribution in [0.1, 0.15) is 58.3 Å². The number of aliphatic carboxylic acids is 3. The molecule has 0 heterocycles. The van der Waals surface area contributed by atoms with Crippen LogP contribution >= 0.6 is 11.8 Å². The number of thioether (sulfide) groups is 1. The fourth-order valence-corrected chi connectivity index (χ4v) is 4.04. The van der Waals surface area contributed by atoms with Gasteiger partial charge in [0.05, 0.1) is 6.10 Å². The normalized spacial score (nSPS) is 14.6. The average molecular weight is 512 g/mol. The molecule has 0 fully saturated rings. The van der Waals surface area contributed by atoms with Crippen LogP contribution in [-0.2, 0) is 19.2 Å². The first-order valence-corrected chi connectivity index (χ1v) is 12.6. The molecule has 0 aliphatic heterocycles. The van der Waals surface area contributed by atoms with Crippen LogP contribution in [0.25, 0.3) is 0 Å². The van der Waals surface area contributed by atoms with E-state index in [4.69, 9.17) is 10.2 Å². The summed E-state index contributed by atoms with van der Waals surface area (Å²) in [5.41, 5.74) is 0. The van der Waals surface area contributed by atoms with Crippen LogP contribution in [0.3, 0.4) is 0 Å². The molecule has 0 aromatic heterocycles. The van der Waals surface area contributed by atoms with Gasteiger partial charge in [-0.2, -0.15) is 0 Å². The lowest BCUT2D eigenvalue weighted by atomic mass is 10.1. The molecular weight excluding hydrogens is 474 g/mol. The van der Waals surface area contributed by atoms with E-state index in [0.29, 0.717) is 12.8 Å². The van der Waals surface area contributed by atoms with Gasteiger partial charge in [-0.3, -0.25) is 14.4 Å². The summed E-state index contributed by atoms with van der Waals surface area (Å²) in [7, 11) is 0. The Morgan fingerprint density at radius 3 is 2.14 bits per heavy atom. The first kappa shape index (κ1) is 32.1. The lowest BCUT2D eigenvalue weighted by molar-refractivity contribution is -0.141. The minimum atomic E-state index is -1.17. The van der Waals surface area contributed by atoms with E-state index in [9.17, 15) is 29.4 Å². The molecule has 3 atom stereocenters. The van der Waals surface area contributed by atoms with Crippen LogP contribution in [0.15, 0.2) is 48.6 Å². The Labute approximate surface area is 210 Å². The van der Waals surface area contributed by atoms with E-state index >= 15 is 0 Å². The van der Waals surface area contributed by atoms with Gasteiger partial charge in [0, 0.05) is 30.8 Å². The zero-order valence-electron chi connectivity index (χ0n) is 20.0. The number of rotatable bonds is 20. The maximum absolute atomic E-state index is 11.3. The van der Waals surface area contributed by atoms with Gasteiger partial charge < -0.3 is 25.7 Å². The molecule has 0 rings (SSSR count). The Bertz CT molecular complexity index is 775. The van der Waals surface area contributed by atoms with Crippen molar-refractivity contribution in [1.82, 2.24) is 5.32 Å². The molecule has 0 radical (unpaired) electrons. The molecular formula is C25H37NO8S. The lowest BCUT2D eigenvalue weighted by Crippen LogP contribution is -2.42. The number of nitrogens with one attached hydrogen (secondary N) is 1. The fourth-order valence-electron chi connectivity index (χ4n) is 2.84. The topological polar surface area (TPSA) is 161 Å². The first-order chi connectivity index (χ1) is 16.6. The zero-order valence-corrected chi connectivity index (χ0v) is 20.9. The SMILES string of the molecule is CC(=O)NC(CSC(C=CC=CC=CCC=CCCCCC(=O)O)C(O)CCCC(=O)O)C(=O)O. The molecule has 35 heavy (non-hydrogen) atoms. The number of allylic oxidation sites excluding steroid dienone is 7. The van der Waals surface area contributed by atoms with E-state index in [1.54, 1.807) is 18.2 Å². The predicted octanol–water partition coefficient (Wildman–Crippen LogP) is 3.55. The van der Waals surface area contributed by atoms with Gasteiger partial charge in [0.2, 0.25) is 5.91 Å². The molecule has 0 aromatic carbocycles. The predicted molar refractivity (Wildman–Crippen MR) is 136 cm³/mol. The molecule has 0 spiro atoms. The third-order valence-electron chi connectivity index (χ3n) is 4.62. The van der Waals surface area contributed by atoms with E-state index in [0.717, 1.165) is 19.3 Å². The molecule has 0 bridgehead atoms. The van der Waals surface area contributed by atoms with Crippen LogP contribution in [0.4, 0.5) is 0 Å². The Balaban J connectivity index is 4.71. The smallest absolute Gasteiger partial charge is 0.327 e. The number of carboxylic acid groups (broad SMARTS) is 3. The largest absolute Gasteiger partial charge is 0.481 e. The Kier molecular flexibility index (Phi) is 18.8. The third-order valence-corrected chi connectivity index (χ3v) is 6.00. The summed E-state index contributed by atoms with van der Waals surface area (Å²) < 4.78 is 0. The monoisotopic (exact) mass is 511 g/mol. The highest BCUT2D eigenvalue weighted by Gasteiger charge is 2.23. The minimum absolute atomic E-state index is 0.0478. The molecule has 9 nitrogen and oxygen atoms in total. The molecule has 5 N–H and O–H groups in total. The number of unbranched alkanes of at least 4 members (excludes halogenated alkanes) is 2. The Hall–Kier alpha value is -2.85. The van der Waals surface area contributed by atoms with Crippen molar-refractivity contribution in [3.8, 4) is 0 Å². The van der Waals surface area contributed by atoms with Crippen molar-refractivity contribution in [2.45, 2.75) is 75.7 Å².